The van der Waals surface area contributed by atoms with Crippen LogP contribution < -0.4 is 5.32 Å². The van der Waals surface area contributed by atoms with Gasteiger partial charge < -0.3 is 5.32 Å². The number of fused-ring (bicyclic) bond motifs is 1. The molecule has 18 heavy (non-hydrogen) atoms. The Morgan fingerprint density at radius 3 is 2.39 bits per heavy atom. The number of carbonyl (C=O) groups is 1. The maximum absolute atomic E-state index is 13.4. The van der Waals surface area contributed by atoms with E-state index in [-0.39, 0.29) is 17.5 Å². The van der Waals surface area contributed by atoms with E-state index in [0.29, 0.717) is 11.8 Å². The first-order valence-electron chi connectivity index (χ1n) is 6.00. The lowest BCUT2D eigenvalue weighted by Crippen LogP contribution is -2.22. The van der Waals surface area contributed by atoms with Crippen molar-refractivity contribution >= 4 is 11.6 Å². The Morgan fingerprint density at radius 1 is 1.06 bits per heavy atom. The largest absolute Gasteiger partial charge is 0.323 e. The second-order valence-corrected chi connectivity index (χ2v) is 5.14. The number of nitrogens with one attached hydrogen (secondary N) is 1. The molecule has 2 aliphatic rings. The summed E-state index contributed by atoms with van der Waals surface area (Å²) in [6.07, 6.45) is 2.83. The average Bonchev–Trinajstić information content (AvgIpc) is 2.97. The lowest BCUT2D eigenvalue weighted by molar-refractivity contribution is -0.120. The Balaban J connectivity index is 1.72. The zero-order chi connectivity index (χ0) is 12.9. The van der Waals surface area contributed by atoms with Crippen molar-refractivity contribution in [1.29, 1.82) is 0 Å². The smallest absolute Gasteiger partial charge is 0.227 e. The number of anilines is 1. The molecule has 0 heterocycles. The predicted octanol–water partition coefficient (Wildman–Crippen LogP) is 3.09. The first-order valence-corrected chi connectivity index (χ1v) is 6.00. The van der Waals surface area contributed by atoms with Crippen molar-refractivity contribution in [2.75, 3.05) is 5.32 Å². The second-order valence-electron chi connectivity index (χ2n) is 5.14. The second kappa shape index (κ2) is 4.00. The van der Waals surface area contributed by atoms with E-state index in [1.807, 2.05) is 0 Å². The summed E-state index contributed by atoms with van der Waals surface area (Å²) in [4.78, 5) is 11.8. The summed E-state index contributed by atoms with van der Waals surface area (Å²) in [6.45, 7) is 0. The molecule has 1 N–H and O–H groups in total. The number of rotatable bonds is 2. The van der Waals surface area contributed by atoms with E-state index < -0.39 is 17.5 Å². The lowest BCUT2D eigenvalue weighted by atomic mass is 10.0. The number of benzene rings is 1. The van der Waals surface area contributed by atoms with Crippen LogP contribution in [-0.4, -0.2) is 5.91 Å². The maximum atomic E-state index is 13.4. The molecule has 3 rings (SSSR count). The molecular formula is C13H12F3NO. The van der Waals surface area contributed by atoms with E-state index in [1.54, 1.807) is 0 Å². The molecule has 0 aromatic heterocycles. The Morgan fingerprint density at radius 2 is 1.72 bits per heavy atom. The van der Waals surface area contributed by atoms with Gasteiger partial charge in [-0.2, -0.15) is 0 Å². The van der Waals surface area contributed by atoms with Crippen molar-refractivity contribution in [1.82, 2.24) is 0 Å². The topological polar surface area (TPSA) is 29.1 Å². The van der Waals surface area contributed by atoms with Crippen LogP contribution in [0.1, 0.15) is 19.3 Å². The summed E-state index contributed by atoms with van der Waals surface area (Å²) in [6, 6.07) is 1.85. The first kappa shape index (κ1) is 11.6. The van der Waals surface area contributed by atoms with Gasteiger partial charge in [0.15, 0.2) is 17.5 Å². The fourth-order valence-electron chi connectivity index (χ4n) is 2.79. The number of hydrogen-bond donors (Lipinski definition) is 1. The Labute approximate surface area is 102 Å². The minimum atomic E-state index is -1.55. The SMILES string of the molecule is O=C(Nc1ccc(F)c(F)c1F)C1CC2CC2C1. The van der Waals surface area contributed by atoms with Gasteiger partial charge in [-0.3, -0.25) is 4.79 Å². The summed E-state index contributed by atoms with van der Waals surface area (Å²) in [7, 11) is 0. The highest BCUT2D eigenvalue weighted by Crippen LogP contribution is 2.54. The number of hydrogen-bond acceptors (Lipinski definition) is 1. The third kappa shape index (κ3) is 1.87. The minimum Gasteiger partial charge on any atom is -0.323 e. The van der Waals surface area contributed by atoms with Crippen LogP contribution in [-0.2, 0) is 4.79 Å². The van der Waals surface area contributed by atoms with Gasteiger partial charge in [0.2, 0.25) is 5.91 Å². The normalized spacial score (nSPS) is 28.9. The molecule has 0 spiro atoms. The molecule has 96 valence electrons. The van der Waals surface area contributed by atoms with Gasteiger partial charge in [-0.1, -0.05) is 0 Å². The highest BCUT2D eigenvalue weighted by molar-refractivity contribution is 5.93. The van der Waals surface area contributed by atoms with Gasteiger partial charge in [0.25, 0.3) is 0 Å². The number of halogens is 3. The van der Waals surface area contributed by atoms with Crippen LogP contribution in [0.2, 0.25) is 0 Å². The summed E-state index contributed by atoms with van der Waals surface area (Å²) >= 11 is 0. The van der Waals surface area contributed by atoms with Gasteiger partial charge in [-0.15, -0.1) is 0 Å². The van der Waals surface area contributed by atoms with E-state index >= 15 is 0 Å². The van der Waals surface area contributed by atoms with Crippen LogP contribution in [0.25, 0.3) is 0 Å². The zero-order valence-corrected chi connectivity index (χ0v) is 9.55. The predicted molar refractivity (Wildman–Crippen MR) is 59.3 cm³/mol. The molecule has 0 bridgehead atoms. The summed E-state index contributed by atoms with van der Waals surface area (Å²) in [5.41, 5.74) is -0.292. The average molecular weight is 255 g/mol. The molecule has 2 aliphatic carbocycles. The van der Waals surface area contributed by atoms with Crippen LogP contribution in [0.15, 0.2) is 12.1 Å². The van der Waals surface area contributed by atoms with Gasteiger partial charge in [0.1, 0.15) is 0 Å². The lowest BCUT2D eigenvalue weighted by Gasteiger charge is -2.13. The van der Waals surface area contributed by atoms with Gasteiger partial charge >= 0.3 is 0 Å². The van der Waals surface area contributed by atoms with Gasteiger partial charge in [-0.05, 0) is 43.2 Å². The molecule has 2 atom stereocenters. The molecule has 1 aromatic rings. The van der Waals surface area contributed by atoms with E-state index in [9.17, 15) is 18.0 Å². The van der Waals surface area contributed by atoms with Crippen LogP contribution in [0, 0.1) is 35.2 Å². The summed E-state index contributed by atoms with van der Waals surface area (Å²) in [5, 5.41) is 2.34. The van der Waals surface area contributed by atoms with Crippen molar-refractivity contribution in [3.8, 4) is 0 Å². The molecule has 0 saturated heterocycles. The van der Waals surface area contributed by atoms with Crippen molar-refractivity contribution < 1.29 is 18.0 Å². The maximum Gasteiger partial charge on any atom is 0.227 e. The van der Waals surface area contributed by atoms with Crippen LogP contribution in [0.4, 0.5) is 18.9 Å². The monoisotopic (exact) mass is 255 g/mol. The van der Waals surface area contributed by atoms with E-state index in [0.717, 1.165) is 25.0 Å². The Bertz CT molecular complexity index is 507. The molecule has 2 nitrogen and oxygen atoms in total. The zero-order valence-electron chi connectivity index (χ0n) is 9.55. The number of amides is 1. The van der Waals surface area contributed by atoms with Gasteiger partial charge in [-0.25, -0.2) is 13.2 Å². The van der Waals surface area contributed by atoms with Gasteiger partial charge in [0.05, 0.1) is 5.69 Å². The molecule has 2 fully saturated rings. The number of carbonyl (C=O) groups excluding carboxylic acids is 1. The van der Waals surface area contributed by atoms with E-state index in [2.05, 4.69) is 5.32 Å². The van der Waals surface area contributed by atoms with Crippen molar-refractivity contribution in [3.05, 3.63) is 29.6 Å². The minimum absolute atomic E-state index is 0.124. The van der Waals surface area contributed by atoms with Gasteiger partial charge in [0, 0.05) is 5.92 Å². The molecule has 5 heteroatoms. The van der Waals surface area contributed by atoms with Crippen molar-refractivity contribution in [3.63, 3.8) is 0 Å². The highest BCUT2D eigenvalue weighted by Gasteiger charge is 2.48. The molecule has 2 saturated carbocycles. The molecule has 0 radical (unpaired) electrons. The van der Waals surface area contributed by atoms with E-state index in [1.165, 1.54) is 6.42 Å². The molecule has 0 aliphatic heterocycles. The third-order valence-corrected chi connectivity index (χ3v) is 3.91. The highest BCUT2D eigenvalue weighted by atomic mass is 19.2. The van der Waals surface area contributed by atoms with Crippen molar-refractivity contribution in [2.45, 2.75) is 19.3 Å². The molecule has 1 aromatic carbocycles. The van der Waals surface area contributed by atoms with Crippen LogP contribution in [0.5, 0.6) is 0 Å². The fraction of sp³-hybridized carbons (Fsp3) is 0.462. The summed E-state index contributed by atoms with van der Waals surface area (Å²) < 4.78 is 39.1. The third-order valence-electron chi connectivity index (χ3n) is 3.91. The standard InChI is InChI=1S/C13H12F3NO/c14-9-1-2-10(12(16)11(9)15)17-13(18)8-4-6-3-7(6)5-8/h1-2,6-8H,3-5H2,(H,17,18). The van der Waals surface area contributed by atoms with Crippen molar-refractivity contribution in [2.24, 2.45) is 17.8 Å². The molecular weight excluding hydrogens is 243 g/mol. The van der Waals surface area contributed by atoms with Crippen LogP contribution >= 0.6 is 0 Å². The summed E-state index contributed by atoms with van der Waals surface area (Å²) in [5.74, 6) is -3.30. The van der Waals surface area contributed by atoms with E-state index in [4.69, 9.17) is 0 Å². The fourth-order valence-corrected chi connectivity index (χ4v) is 2.79. The molecule has 1 amide bonds. The van der Waals surface area contributed by atoms with Crippen LogP contribution in [0.3, 0.4) is 0 Å². The molecule has 2 unspecified atom stereocenters. The Kier molecular flexibility index (Phi) is 2.57. The first-order chi connectivity index (χ1) is 8.56. The Hall–Kier alpha value is -1.52. The quantitative estimate of drug-likeness (QED) is 0.808.